The van der Waals surface area contributed by atoms with Gasteiger partial charge in [-0.05, 0) is 67.4 Å². The Bertz CT molecular complexity index is 1350. The van der Waals surface area contributed by atoms with Gasteiger partial charge in [-0.25, -0.2) is 4.79 Å². The SMILES string of the molecule is C=C(C)[C@]12O[C@H]1[C@@H]1O[C@]13[C@]1(O[C@H]1C[C@H]1C4=C(CC[C@@]13C)C(=O)OC4)[C@@H]2OC(=O)[C@@H](N)Cc1ccc(O)cc1. The van der Waals surface area contributed by atoms with Gasteiger partial charge in [0.05, 0.1) is 6.10 Å². The minimum absolute atomic E-state index is 0.0903. The molecule has 0 bridgehead atoms. The molecule has 1 aromatic rings. The van der Waals surface area contributed by atoms with E-state index in [1.165, 1.54) is 0 Å². The number of hydrogen-bond acceptors (Lipinski definition) is 9. The van der Waals surface area contributed by atoms with Crippen LogP contribution in [0.3, 0.4) is 0 Å². The lowest BCUT2D eigenvalue weighted by Crippen LogP contribution is -2.69. The van der Waals surface area contributed by atoms with E-state index >= 15 is 0 Å². The van der Waals surface area contributed by atoms with Gasteiger partial charge in [0, 0.05) is 11.0 Å². The molecule has 3 N–H and O–H groups in total. The highest BCUT2D eigenvalue weighted by atomic mass is 16.8. The molecule has 38 heavy (non-hydrogen) atoms. The van der Waals surface area contributed by atoms with Crippen molar-refractivity contribution in [3.05, 3.63) is 53.1 Å². The summed E-state index contributed by atoms with van der Waals surface area (Å²) in [6, 6.07) is 5.70. The molecule has 4 aliphatic heterocycles. The molecular weight excluding hydrogens is 490 g/mol. The van der Waals surface area contributed by atoms with Gasteiger partial charge in [0.1, 0.15) is 36.2 Å². The van der Waals surface area contributed by atoms with E-state index < -0.39 is 34.9 Å². The summed E-state index contributed by atoms with van der Waals surface area (Å²) in [6.45, 7) is 8.67. The van der Waals surface area contributed by atoms with Gasteiger partial charge in [-0.3, -0.25) is 4.79 Å². The minimum Gasteiger partial charge on any atom is -0.508 e. The van der Waals surface area contributed by atoms with E-state index in [0.717, 1.165) is 28.7 Å². The van der Waals surface area contributed by atoms with Crippen LogP contribution >= 0.6 is 0 Å². The quantitative estimate of drug-likeness (QED) is 0.338. The van der Waals surface area contributed by atoms with Crippen molar-refractivity contribution in [1.29, 1.82) is 0 Å². The summed E-state index contributed by atoms with van der Waals surface area (Å²) in [4.78, 5) is 25.8. The van der Waals surface area contributed by atoms with Crippen LogP contribution in [0.1, 0.15) is 38.7 Å². The Balaban J connectivity index is 1.15. The van der Waals surface area contributed by atoms with Crippen molar-refractivity contribution in [2.24, 2.45) is 17.1 Å². The summed E-state index contributed by atoms with van der Waals surface area (Å²) < 4.78 is 31.4. The van der Waals surface area contributed by atoms with Crippen LogP contribution in [0.15, 0.2) is 47.6 Å². The summed E-state index contributed by atoms with van der Waals surface area (Å²) in [5.74, 6) is -0.499. The zero-order valence-corrected chi connectivity index (χ0v) is 21.4. The molecule has 7 aliphatic rings. The molecule has 2 spiro atoms. The molecule has 9 heteroatoms. The third-order valence-corrected chi connectivity index (χ3v) is 10.7. The molecule has 4 heterocycles. The Morgan fingerprint density at radius 2 is 2.00 bits per heavy atom. The summed E-state index contributed by atoms with van der Waals surface area (Å²) in [5, 5.41) is 9.57. The van der Waals surface area contributed by atoms with Crippen LogP contribution in [0.2, 0.25) is 0 Å². The second kappa shape index (κ2) is 6.88. The zero-order chi connectivity index (χ0) is 26.4. The molecule has 0 amide bonds. The number of epoxide rings is 3. The molecule has 0 unspecified atom stereocenters. The second-order valence-electron chi connectivity index (χ2n) is 12.4. The van der Waals surface area contributed by atoms with Crippen molar-refractivity contribution in [2.75, 3.05) is 6.61 Å². The van der Waals surface area contributed by atoms with Crippen LogP contribution in [0.5, 0.6) is 5.75 Å². The monoisotopic (exact) mass is 521 g/mol. The van der Waals surface area contributed by atoms with E-state index in [9.17, 15) is 14.7 Å². The van der Waals surface area contributed by atoms with E-state index in [1.807, 2.05) is 6.92 Å². The fourth-order valence-corrected chi connectivity index (χ4v) is 8.77. The number of aromatic hydroxyl groups is 1. The fraction of sp³-hybridized carbons (Fsp3) is 0.586. The molecular formula is C29H31NO8. The van der Waals surface area contributed by atoms with E-state index in [4.69, 9.17) is 29.4 Å². The van der Waals surface area contributed by atoms with E-state index in [0.29, 0.717) is 19.4 Å². The maximum atomic E-state index is 13.5. The number of ether oxygens (including phenoxy) is 5. The van der Waals surface area contributed by atoms with Crippen molar-refractivity contribution >= 4 is 11.9 Å². The third-order valence-electron chi connectivity index (χ3n) is 10.7. The number of phenolic OH excluding ortho intramolecular Hbond substituents is 1. The van der Waals surface area contributed by atoms with Gasteiger partial charge in [0.15, 0.2) is 17.3 Å². The fourth-order valence-electron chi connectivity index (χ4n) is 8.77. The van der Waals surface area contributed by atoms with Gasteiger partial charge < -0.3 is 34.5 Å². The summed E-state index contributed by atoms with van der Waals surface area (Å²) >= 11 is 0. The Hall–Kier alpha value is -2.72. The van der Waals surface area contributed by atoms with Gasteiger partial charge in [0.2, 0.25) is 0 Å². The number of nitrogens with two attached hydrogens (primary N) is 1. The normalized spacial score (nSPS) is 47.2. The van der Waals surface area contributed by atoms with Crippen LogP contribution in [0.25, 0.3) is 0 Å². The van der Waals surface area contributed by atoms with Crippen molar-refractivity contribution in [3.8, 4) is 5.75 Å². The van der Waals surface area contributed by atoms with Crippen LogP contribution in [0.4, 0.5) is 0 Å². The zero-order valence-electron chi connectivity index (χ0n) is 21.4. The van der Waals surface area contributed by atoms with E-state index in [2.05, 4.69) is 13.5 Å². The third kappa shape index (κ3) is 2.44. The molecule has 3 saturated heterocycles. The number of rotatable bonds is 5. The molecule has 2 saturated carbocycles. The lowest BCUT2D eigenvalue weighted by Gasteiger charge is -2.53. The molecule has 9 nitrogen and oxygen atoms in total. The first kappa shape index (κ1) is 23.2. The Kier molecular flexibility index (Phi) is 4.20. The van der Waals surface area contributed by atoms with Gasteiger partial charge >= 0.3 is 11.9 Å². The minimum atomic E-state index is -0.905. The van der Waals surface area contributed by atoms with Gasteiger partial charge in [-0.15, -0.1) is 0 Å². The van der Waals surface area contributed by atoms with Gasteiger partial charge in [0.25, 0.3) is 0 Å². The van der Waals surface area contributed by atoms with E-state index in [1.54, 1.807) is 24.3 Å². The maximum Gasteiger partial charge on any atom is 0.334 e. The average molecular weight is 522 g/mol. The van der Waals surface area contributed by atoms with Gasteiger partial charge in [-0.1, -0.05) is 25.6 Å². The highest BCUT2D eigenvalue weighted by Gasteiger charge is 3.01. The number of carbonyl (C=O) groups is 2. The Morgan fingerprint density at radius 3 is 2.74 bits per heavy atom. The molecule has 0 aromatic heterocycles. The number of benzene rings is 1. The number of cyclic esters (lactones) is 1. The number of phenols is 1. The van der Waals surface area contributed by atoms with E-state index in [-0.39, 0.29) is 47.8 Å². The molecule has 1 aromatic carbocycles. The Morgan fingerprint density at radius 1 is 1.24 bits per heavy atom. The van der Waals surface area contributed by atoms with Crippen LogP contribution in [-0.4, -0.2) is 70.9 Å². The highest BCUT2D eigenvalue weighted by molar-refractivity contribution is 5.92. The van der Waals surface area contributed by atoms with Crippen molar-refractivity contribution in [3.63, 3.8) is 0 Å². The predicted molar refractivity (Wildman–Crippen MR) is 131 cm³/mol. The summed E-state index contributed by atoms with van der Waals surface area (Å²) in [5.41, 5.74) is 7.06. The van der Waals surface area contributed by atoms with Crippen molar-refractivity contribution < 1.29 is 38.4 Å². The molecule has 10 atom stereocenters. The maximum absolute atomic E-state index is 13.5. The predicted octanol–water partition coefficient (Wildman–Crippen LogP) is 1.85. The molecule has 200 valence electrons. The largest absolute Gasteiger partial charge is 0.508 e. The molecule has 5 fully saturated rings. The number of carbonyl (C=O) groups excluding carboxylic acids is 2. The second-order valence-corrected chi connectivity index (χ2v) is 12.4. The summed E-state index contributed by atoms with van der Waals surface area (Å²) in [6.07, 6.45) is 0.936. The smallest absolute Gasteiger partial charge is 0.334 e. The van der Waals surface area contributed by atoms with Crippen molar-refractivity contribution in [2.45, 2.75) is 86.8 Å². The lowest BCUT2D eigenvalue weighted by molar-refractivity contribution is -0.166. The van der Waals surface area contributed by atoms with Crippen LogP contribution in [-0.2, 0) is 39.7 Å². The summed E-state index contributed by atoms with van der Waals surface area (Å²) in [7, 11) is 0. The van der Waals surface area contributed by atoms with Crippen LogP contribution in [0, 0.1) is 11.3 Å². The molecule has 0 radical (unpaired) electrons. The highest BCUT2D eigenvalue weighted by Crippen LogP contribution is 2.83. The average Bonchev–Trinajstić information content (AvgIpc) is 3.79. The first-order valence-corrected chi connectivity index (χ1v) is 13.4. The number of fused-ring (bicyclic) bond motifs is 4. The molecule has 3 aliphatic carbocycles. The van der Waals surface area contributed by atoms with Crippen LogP contribution < -0.4 is 5.73 Å². The molecule has 8 rings (SSSR count). The lowest BCUT2D eigenvalue weighted by atomic mass is 9.47. The number of esters is 2. The van der Waals surface area contributed by atoms with Crippen molar-refractivity contribution in [1.82, 2.24) is 0 Å². The first-order chi connectivity index (χ1) is 18.1. The number of hydrogen-bond donors (Lipinski definition) is 2. The topological polar surface area (TPSA) is 136 Å². The standard InChI is InChI=1S/C29H31NO8/c1-13(2)27-21(37-27)22-29(38-22)26(3)9-8-16-17(12-34-23(16)32)18(26)11-20-28(29,36-20)25(27)35-24(33)19(30)10-14-4-6-15(31)7-5-14/h4-7,18-22,25,31H,1,8-12,30H2,2-3H3/t18-,19-,20-,21-,22-,25+,26-,27-,28+,29+/m0/s1. The Labute approximate surface area is 219 Å². The van der Waals surface area contributed by atoms with Gasteiger partial charge in [-0.2, -0.15) is 0 Å². The first-order valence-electron chi connectivity index (χ1n) is 13.4.